The molecule has 6 nitrogen and oxygen atoms in total. The molecule has 23 heavy (non-hydrogen) atoms. The Morgan fingerprint density at radius 3 is 2.74 bits per heavy atom. The van der Waals surface area contributed by atoms with Crippen LogP contribution in [0, 0.1) is 0 Å². The summed E-state index contributed by atoms with van der Waals surface area (Å²) in [5, 5.41) is 6.20. The van der Waals surface area contributed by atoms with Gasteiger partial charge in [-0.1, -0.05) is 6.07 Å². The van der Waals surface area contributed by atoms with Crippen LogP contribution in [0.2, 0.25) is 0 Å². The van der Waals surface area contributed by atoms with Crippen molar-refractivity contribution in [3.8, 4) is 0 Å². The average molecular weight is 323 g/mol. The maximum atomic E-state index is 11.6. The van der Waals surface area contributed by atoms with Gasteiger partial charge in [0.1, 0.15) is 5.60 Å². The Kier molecular flexibility index (Phi) is 8.58. The quantitative estimate of drug-likeness (QED) is 0.683. The van der Waals surface area contributed by atoms with Gasteiger partial charge in [-0.2, -0.15) is 0 Å². The van der Waals surface area contributed by atoms with Crippen molar-refractivity contribution in [3.63, 3.8) is 0 Å². The van der Waals surface area contributed by atoms with Crippen molar-refractivity contribution in [2.24, 2.45) is 0 Å². The molecule has 1 heterocycles. The monoisotopic (exact) mass is 323 g/mol. The molecule has 0 fully saturated rings. The fourth-order valence-corrected chi connectivity index (χ4v) is 2.05. The summed E-state index contributed by atoms with van der Waals surface area (Å²) in [6, 6.07) is 6.09. The van der Waals surface area contributed by atoms with E-state index in [1.807, 2.05) is 39.0 Å². The predicted octanol–water partition coefficient (Wildman–Crippen LogP) is 2.49. The molecule has 0 bridgehead atoms. The van der Waals surface area contributed by atoms with E-state index >= 15 is 0 Å². The van der Waals surface area contributed by atoms with Crippen molar-refractivity contribution in [3.05, 3.63) is 30.1 Å². The number of ether oxygens (including phenoxy) is 2. The summed E-state index contributed by atoms with van der Waals surface area (Å²) >= 11 is 0. The summed E-state index contributed by atoms with van der Waals surface area (Å²) in [4.78, 5) is 15.8. The van der Waals surface area contributed by atoms with Crippen LogP contribution in [0.3, 0.4) is 0 Å². The van der Waals surface area contributed by atoms with E-state index in [2.05, 4.69) is 15.6 Å². The molecule has 0 aliphatic carbocycles. The van der Waals surface area contributed by atoms with Gasteiger partial charge in [0, 0.05) is 32.4 Å². The van der Waals surface area contributed by atoms with E-state index in [1.54, 1.807) is 13.3 Å². The Hall–Kier alpha value is -1.66. The highest BCUT2D eigenvalue weighted by Gasteiger charge is 2.15. The van der Waals surface area contributed by atoms with Gasteiger partial charge >= 0.3 is 6.09 Å². The summed E-state index contributed by atoms with van der Waals surface area (Å²) in [6.45, 7) is 7.46. The van der Waals surface area contributed by atoms with Gasteiger partial charge in [0.25, 0.3) is 0 Å². The summed E-state index contributed by atoms with van der Waals surface area (Å²) in [6.07, 6.45) is 3.16. The van der Waals surface area contributed by atoms with Gasteiger partial charge in [0.2, 0.25) is 0 Å². The second-order valence-corrected chi connectivity index (χ2v) is 6.43. The maximum Gasteiger partial charge on any atom is 0.407 e. The number of nitrogens with one attached hydrogen (secondary N) is 2. The highest BCUT2D eigenvalue weighted by Crippen LogP contribution is 2.06. The van der Waals surface area contributed by atoms with Crippen LogP contribution in [0.1, 0.15) is 39.3 Å². The fourth-order valence-electron chi connectivity index (χ4n) is 2.05. The van der Waals surface area contributed by atoms with E-state index in [0.717, 1.165) is 18.5 Å². The van der Waals surface area contributed by atoms with Gasteiger partial charge < -0.3 is 20.1 Å². The molecule has 1 aromatic heterocycles. The van der Waals surface area contributed by atoms with Crippen molar-refractivity contribution in [2.45, 2.75) is 51.8 Å². The largest absolute Gasteiger partial charge is 0.444 e. The molecular weight excluding hydrogens is 294 g/mol. The summed E-state index contributed by atoms with van der Waals surface area (Å²) in [5.41, 5.74) is 0.535. The van der Waals surface area contributed by atoms with Crippen LogP contribution in [0.5, 0.6) is 0 Å². The lowest BCUT2D eigenvalue weighted by atomic mass is 10.1. The fraction of sp³-hybridized carbons (Fsp3) is 0.647. The topological polar surface area (TPSA) is 72.5 Å². The zero-order valence-electron chi connectivity index (χ0n) is 14.6. The highest BCUT2D eigenvalue weighted by atomic mass is 16.6. The van der Waals surface area contributed by atoms with E-state index in [-0.39, 0.29) is 12.1 Å². The Morgan fingerprint density at radius 2 is 2.13 bits per heavy atom. The van der Waals surface area contributed by atoms with Crippen molar-refractivity contribution in [2.75, 3.05) is 20.3 Å². The molecular formula is C17H29N3O3. The minimum Gasteiger partial charge on any atom is -0.444 e. The third-order valence-corrected chi connectivity index (χ3v) is 3.06. The highest BCUT2D eigenvalue weighted by molar-refractivity contribution is 5.67. The summed E-state index contributed by atoms with van der Waals surface area (Å²) in [5.74, 6) is 0. The second kappa shape index (κ2) is 10.2. The Morgan fingerprint density at radius 1 is 1.35 bits per heavy atom. The molecule has 6 heteroatoms. The smallest absolute Gasteiger partial charge is 0.407 e. The minimum absolute atomic E-state index is 0.224. The summed E-state index contributed by atoms with van der Waals surface area (Å²) in [7, 11) is 1.69. The van der Waals surface area contributed by atoms with Crippen molar-refractivity contribution >= 4 is 6.09 Å². The maximum absolute atomic E-state index is 11.6. The third kappa shape index (κ3) is 9.86. The zero-order chi connectivity index (χ0) is 17.1. The van der Waals surface area contributed by atoms with Crippen LogP contribution in [-0.4, -0.2) is 43.0 Å². The molecule has 1 aromatic rings. The second-order valence-electron chi connectivity index (χ2n) is 6.43. The zero-order valence-corrected chi connectivity index (χ0v) is 14.6. The van der Waals surface area contributed by atoms with E-state index in [4.69, 9.17) is 9.47 Å². The Balaban J connectivity index is 2.24. The van der Waals surface area contributed by atoms with Gasteiger partial charge in [-0.25, -0.2) is 4.79 Å². The van der Waals surface area contributed by atoms with Gasteiger partial charge in [-0.05, 0) is 45.7 Å². The number of hydrogen-bond acceptors (Lipinski definition) is 5. The molecule has 0 saturated carbocycles. The van der Waals surface area contributed by atoms with Crippen LogP contribution in [0.25, 0.3) is 0 Å². The molecule has 0 spiro atoms. The number of nitrogens with zero attached hydrogens (tertiary/aromatic N) is 1. The average Bonchev–Trinajstić information content (AvgIpc) is 2.48. The van der Waals surface area contributed by atoms with E-state index in [0.29, 0.717) is 19.7 Å². The first kappa shape index (κ1) is 19.4. The molecule has 0 aliphatic heterocycles. The number of alkyl carbamates (subject to hydrolysis) is 1. The molecule has 0 saturated heterocycles. The molecule has 1 unspecified atom stereocenters. The lowest BCUT2D eigenvalue weighted by molar-refractivity contribution is 0.0526. The van der Waals surface area contributed by atoms with Gasteiger partial charge in [0.15, 0.2) is 0 Å². The molecule has 2 N–H and O–H groups in total. The third-order valence-electron chi connectivity index (χ3n) is 3.06. The molecule has 1 amide bonds. The standard InChI is InChI=1S/C17H29N3O3/c1-17(2,3)23-16(21)19-11-7-9-15(13-22-4)20-12-14-8-5-6-10-18-14/h5-6,8,10,15,20H,7,9,11-13H2,1-4H3,(H,19,21). The van der Waals surface area contributed by atoms with Crippen molar-refractivity contribution < 1.29 is 14.3 Å². The van der Waals surface area contributed by atoms with Crippen molar-refractivity contribution in [1.82, 2.24) is 15.6 Å². The Bertz CT molecular complexity index is 446. The van der Waals surface area contributed by atoms with E-state index in [1.165, 1.54) is 0 Å². The van der Waals surface area contributed by atoms with Crippen LogP contribution < -0.4 is 10.6 Å². The number of carbonyl (C=O) groups excluding carboxylic acids is 1. The molecule has 0 aromatic carbocycles. The lowest BCUT2D eigenvalue weighted by Gasteiger charge is -2.20. The van der Waals surface area contributed by atoms with Crippen LogP contribution >= 0.6 is 0 Å². The summed E-state index contributed by atoms with van der Waals surface area (Å²) < 4.78 is 10.4. The van der Waals surface area contributed by atoms with Gasteiger partial charge in [0.05, 0.1) is 12.3 Å². The predicted molar refractivity (Wildman–Crippen MR) is 90.2 cm³/mol. The van der Waals surface area contributed by atoms with Gasteiger partial charge in [-0.3, -0.25) is 4.98 Å². The lowest BCUT2D eigenvalue weighted by Crippen LogP contribution is -2.35. The number of amides is 1. The SMILES string of the molecule is COCC(CCCNC(=O)OC(C)(C)C)NCc1ccccn1. The van der Waals surface area contributed by atoms with E-state index in [9.17, 15) is 4.79 Å². The first-order valence-corrected chi connectivity index (χ1v) is 8.00. The number of hydrogen-bond donors (Lipinski definition) is 2. The van der Waals surface area contributed by atoms with Crippen LogP contribution in [0.15, 0.2) is 24.4 Å². The molecule has 1 atom stereocenters. The minimum atomic E-state index is -0.465. The number of carbonyl (C=O) groups is 1. The Labute approximate surface area is 139 Å². The first-order chi connectivity index (χ1) is 10.9. The molecule has 1 rings (SSSR count). The molecule has 130 valence electrons. The number of rotatable bonds is 9. The normalized spacial score (nSPS) is 12.7. The number of methoxy groups -OCH3 is 1. The van der Waals surface area contributed by atoms with Crippen LogP contribution in [0.4, 0.5) is 4.79 Å². The number of aromatic nitrogens is 1. The number of pyridine rings is 1. The van der Waals surface area contributed by atoms with Crippen LogP contribution in [-0.2, 0) is 16.0 Å². The molecule has 0 aliphatic rings. The first-order valence-electron chi connectivity index (χ1n) is 8.00. The van der Waals surface area contributed by atoms with Gasteiger partial charge in [-0.15, -0.1) is 0 Å². The van der Waals surface area contributed by atoms with E-state index < -0.39 is 5.60 Å². The van der Waals surface area contributed by atoms with Crippen molar-refractivity contribution in [1.29, 1.82) is 0 Å². The molecule has 0 radical (unpaired) electrons.